The molecule has 4 heteroatoms. The number of thioether (sulfide) groups is 1. The van der Waals surface area contributed by atoms with E-state index >= 15 is 0 Å². The van der Waals surface area contributed by atoms with Crippen LogP contribution in [0.5, 0.6) is 0 Å². The molecule has 2 N–H and O–H groups in total. The van der Waals surface area contributed by atoms with E-state index in [1.165, 1.54) is 11.8 Å². The van der Waals surface area contributed by atoms with Crippen LogP contribution >= 0.6 is 11.8 Å². The Balaban J connectivity index is 2.71. The highest BCUT2D eigenvalue weighted by Gasteiger charge is 2.08. The Labute approximate surface area is 70.4 Å². The molecule has 3 nitrogen and oxygen atoms in total. The predicted octanol–water partition coefficient (Wildman–Crippen LogP) is 1.81. The molecule has 11 heavy (non-hydrogen) atoms. The number of oxazole rings is 1. The zero-order valence-corrected chi connectivity index (χ0v) is 7.52. The van der Waals surface area contributed by atoms with Gasteiger partial charge in [0.1, 0.15) is 5.76 Å². The molecule has 1 unspecified atom stereocenters. The minimum Gasteiger partial charge on any atom is -0.435 e. The van der Waals surface area contributed by atoms with Crippen molar-refractivity contribution in [1.29, 1.82) is 0 Å². The van der Waals surface area contributed by atoms with Gasteiger partial charge >= 0.3 is 0 Å². The van der Waals surface area contributed by atoms with E-state index in [4.69, 9.17) is 10.2 Å². The van der Waals surface area contributed by atoms with Crippen molar-refractivity contribution in [2.24, 2.45) is 5.73 Å². The maximum atomic E-state index is 5.72. The third kappa shape index (κ3) is 1.97. The fourth-order valence-corrected chi connectivity index (χ4v) is 1.07. The Bertz CT molecular complexity index is 224. The van der Waals surface area contributed by atoms with Crippen LogP contribution in [0, 0.1) is 0 Å². The van der Waals surface area contributed by atoms with Gasteiger partial charge in [-0.1, -0.05) is 18.7 Å². The van der Waals surface area contributed by atoms with Crippen molar-refractivity contribution < 1.29 is 4.42 Å². The van der Waals surface area contributed by atoms with E-state index in [2.05, 4.69) is 4.98 Å². The Kier molecular flexibility index (Phi) is 2.96. The monoisotopic (exact) mass is 172 g/mol. The highest BCUT2D eigenvalue weighted by Crippen LogP contribution is 2.19. The number of nitrogens with two attached hydrogens (primary N) is 1. The summed E-state index contributed by atoms with van der Waals surface area (Å²) in [5.74, 6) is 0.775. The van der Waals surface area contributed by atoms with Crippen LogP contribution in [-0.2, 0) is 0 Å². The molecule has 0 amide bonds. The van der Waals surface area contributed by atoms with Gasteiger partial charge in [0.15, 0.2) is 0 Å². The first-order valence-corrected chi connectivity index (χ1v) is 4.75. The highest BCUT2D eigenvalue weighted by atomic mass is 32.2. The molecule has 0 fully saturated rings. The van der Waals surface area contributed by atoms with E-state index in [0.29, 0.717) is 5.22 Å². The highest BCUT2D eigenvalue weighted by molar-refractivity contribution is 7.98. The van der Waals surface area contributed by atoms with Crippen LogP contribution in [0.3, 0.4) is 0 Å². The average molecular weight is 172 g/mol. The maximum absolute atomic E-state index is 5.72. The third-order valence-corrected chi connectivity index (χ3v) is 2.02. The Morgan fingerprint density at radius 2 is 2.55 bits per heavy atom. The minimum atomic E-state index is -0.0107. The van der Waals surface area contributed by atoms with Crippen molar-refractivity contribution in [3.05, 3.63) is 12.0 Å². The molecule has 0 aliphatic carbocycles. The minimum absolute atomic E-state index is 0.0107. The van der Waals surface area contributed by atoms with E-state index in [1.807, 2.05) is 13.2 Å². The van der Waals surface area contributed by atoms with Crippen LogP contribution < -0.4 is 5.73 Å². The summed E-state index contributed by atoms with van der Waals surface area (Å²) in [5, 5.41) is 0.684. The fraction of sp³-hybridized carbons (Fsp3) is 0.571. The standard InChI is InChI=1S/C7H12N2OS/c1-3-5(8)6-4-9-7(10-6)11-2/h4-5H,3,8H2,1-2H3. The van der Waals surface area contributed by atoms with Crippen molar-refractivity contribution in [3.8, 4) is 0 Å². The molecule has 0 saturated carbocycles. The van der Waals surface area contributed by atoms with Crippen LogP contribution in [0.1, 0.15) is 25.1 Å². The van der Waals surface area contributed by atoms with E-state index in [1.54, 1.807) is 6.20 Å². The molecule has 1 atom stereocenters. The maximum Gasteiger partial charge on any atom is 0.255 e. The molecule has 0 aliphatic rings. The van der Waals surface area contributed by atoms with Crippen molar-refractivity contribution in [1.82, 2.24) is 4.98 Å². The topological polar surface area (TPSA) is 52.0 Å². The average Bonchev–Trinajstić information content (AvgIpc) is 2.50. The van der Waals surface area contributed by atoms with E-state index in [0.717, 1.165) is 12.2 Å². The van der Waals surface area contributed by atoms with Crippen molar-refractivity contribution in [2.75, 3.05) is 6.26 Å². The SMILES string of the molecule is CCC(N)c1cnc(SC)o1. The van der Waals surface area contributed by atoms with Gasteiger partial charge in [-0.05, 0) is 12.7 Å². The van der Waals surface area contributed by atoms with Gasteiger partial charge in [0.25, 0.3) is 5.22 Å². The summed E-state index contributed by atoms with van der Waals surface area (Å²) in [6.07, 6.45) is 4.50. The van der Waals surface area contributed by atoms with Crippen molar-refractivity contribution in [3.63, 3.8) is 0 Å². The van der Waals surface area contributed by atoms with Crippen LogP contribution in [0.15, 0.2) is 15.8 Å². The van der Waals surface area contributed by atoms with E-state index < -0.39 is 0 Å². The normalized spacial score (nSPS) is 13.4. The summed E-state index contributed by atoms with van der Waals surface area (Å²) in [7, 11) is 0. The van der Waals surface area contributed by atoms with Gasteiger partial charge in [-0.25, -0.2) is 4.98 Å². The first kappa shape index (κ1) is 8.62. The van der Waals surface area contributed by atoms with Crippen LogP contribution in [0.25, 0.3) is 0 Å². The van der Waals surface area contributed by atoms with Gasteiger partial charge in [0, 0.05) is 0 Å². The molecule has 0 bridgehead atoms. The fourth-order valence-electron chi connectivity index (χ4n) is 0.737. The second kappa shape index (κ2) is 3.78. The number of nitrogens with zero attached hydrogens (tertiary/aromatic N) is 1. The largest absolute Gasteiger partial charge is 0.435 e. The molecular weight excluding hydrogens is 160 g/mol. The number of rotatable bonds is 3. The molecule has 1 rings (SSSR count). The Hall–Kier alpha value is -0.480. The third-order valence-electron chi connectivity index (χ3n) is 1.48. The van der Waals surface area contributed by atoms with Crippen LogP contribution in [0.2, 0.25) is 0 Å². The lowest BCUT2D eigenvalue weighted by atomic mass is 10.2. The van der Waals surface area contributed by atoms with Gasteiger partial charge in [-0.2, -0.15) is 0 Å². The summed E-state index contributed by atoms with van der Waals surface area (Å²) >= 11 is 1.48. The van der Waals surface area contributed by atoms with Crippen LogP contribution in [-0.4, -0.2) is 11.2 Å². The molecule has 0 aliphatic heterocycles. The van der Waals surface area contributed by atoms with Gasteiger partial charge in [0.2, 0.25) is 0 Å². The first-order valence-electron chi connectivity index (χ1n) is 3.53. The molecule has 0 saturated heterocycles. The quantitative estimate of drug-likeness (QED) is 0.706. The van der Waals surface area contributed by atoms with Gasteiger partial charge in [-0.3, -0.25) is 0 Å². The molecular formula is C7H12N2OS. The van der Waals surface area contributed by atoms with Gasteiger partial charge < -0.3 is 10.2 Å². The van der Waals surface area contributed by atoms with Gasteiger partial charge in [0.05, 0.1) is 12.2 Å². The zero-order chi connectivity index (χ0) is 8.27. The second-order valence-corrected chi connectivity index (χ2v) is 3.00. The lowest BCUT2D eigenvalue weighted by Gasteiger charge is -2.01. The number of hydrogen-bond donors (Lipinski definition) is 1. The Morgan fingerprint density at radius 3 is 3.00 bits per heavy atom. The van der Waals surface area contributed by atoms with Crippen molar-refractivity contribution >= 4 is 11.8 Å². The van der Waals surface area contributed by atoms with E-state index in [9.17, 15) is 0 Å². The molecule has 1 aromatic heterocycles. The van der Waals surface area contributed by atoms with Gasteiger partial charge in [-0.15, -0.1) is 0 Å². The second-order valence-electron chi connectivity index (χ2n) is 2.25. The summed E-state index contributed by atoms with van der Waals surface area (Å²) in [4.78, 5) is 4.02. The molecule has 1 aromatic rings. The summed E-state index contributed by atoms with van der Waals surface area (Å²) < 4.78 is 5.31. The first-order chi connectivity index (χ1) is 5.27. The smallest absolute Gasteiger partial charge is 0.255 e. The van der Waals surface area contributed by atoms with Crippen molar-refractivity contribution in [2.45, 2.75) is 24.6 Å². The number of aromatic nitrogens is 1. The zero-order valence-electron chi connectivity index (χ0n) is 6.70. The molecule has 0 aromatic carbocycles. The molecule has 1 heterocycles. The molecule has 0 radical (unpaired) electrons. The summed E-state index contributed by atoms with van der Waals surface area (Å²) in [6, 6.07) is -0.0107. The number of hydrogen-bond acceptors (Lipinski definition) is 4. The van der Waals surface area contributed by atoms with E-state index in [-0.39, 0.29) is 6.04 Å². The van der Waals surface area contributed by atoms with Crippen LogP contribution in [0.4, 0.5) is 0 Å². The lowest BCUT2D eigenvalue weighted by molar-refractivity contribution is 0.388. The molecule has 62 valence electrons. The summed E-state index contributed by atoms with van der Waals surface area (Å²) in [6.45, 7) is 2.02. The Morgan fingerprint density at radius 1 is 1.82 bits per heavy atom. The lowest BCUT2D eigenvalue weighted by Crippen LogP contribution is -2.06. The molecule has 0 spiro atoms. The predicted molar refractivity (Wildman–Crippen MR) is 45.5 cm³/mol. The summed E-state index contributed by atoms with van der Waals surface area (Å²) in [5.41, 5.74) is 5.72.